The lowest BCUT2D eigenvalue weighted by atomic mass is 9.83. The Morgan fingerprint density at radius 2 is 1.78 bits per heavy atom. The Morgan fingerprint density at radius 1 is 1.17 bits per heavy atom. The maximum atomic E-state index is 12.4. The summed E-state index contributed by atoms with van der Waals surface area (Å²) in [5, 5.41) is 0. The van der Waals surface area contributed by atoms with Crippen LogP contribution in [0.15, 0.2) is 0 Å². The summed E-state index contributed by atoms with van der Waals surface area (Å²) >= 11 is 0. The minimum absolute atomic E-state index is 0.0540. The number of carbonyl (C=O) groups is 4. The van der Waals surface area contributed by atoms with E-state index < -0.39 is 35.3 Å². The Morgan fingerprint density at radius 3 is 2.26 bits per heavy atom. The van der Waals surface area contributed by atoms with Crippen molar-refractivity contribution in [1.29, 1.82) is 0 Å². The van der Waals surface area contributed by atoms with Gasteiger partial charge in [0.2, 0.25) is 0 Å². The van der Waals surface area contributed by atoms with Crippen molar-refractivity contribution in [3.63, 3.8) is 0 Å². The summed E-state index contributed by atoms with van der Waals surface area (Å²) in [7, 11) is 0. The molecule has 7 heteroatoms. The van der Waals surface area contributed by atoms with Gasteiger partial charge in [0.05, 0.1) is 6.61 Å². The fraction of sp³-hybridized carbons (Fsp3) is 0.750. The van der Waals surface area contributed by atoms with Crippen molar-refractivity contribution in [2.45, 2.75) is 46.6 Å². The summed E-state index contributed by atoms with van der Waals surface area (Å²) in [6.45, 7) is 8.68. The monoisotopic (exact) mass is 327 g/mol. The van der Waals surface area contributed by atoms with Crippen LogP contribution in [0.1, 0.15) is 41.0 Å². The molecule has 130 valence electrons. The average Bonchev–Trinajstić information content (AvgIpc) is 2.45. The van der Waals surface area contributed by atoms with Crippen LogP contribution in [0.25, 0.3) is 0 Å². The minimum atomic E-state index is -1.18. The van der Waals surface area contributed by atoms with Gasteiger partial charge in [0.1, 0.15) is 11.5 Å². The third kappa shape index (κ3) is 5.04. The molecule has 1 aliphatic heterocycles. The number of nitrogens with zero attached hydrogens (tertiary/aromatic N) is 1. The molecule has 0 spiro atoms. The number of amides is 1. The van der Waals surface area contributed by atoms with E-state index in [2.05, 4.69) is 4.74 Å². The van der Waals surface area contributed by atoms with Crippen LogP contribution in [0.4, 0.5) is 4.79 Å². The summed E-state index contributed by atoms with van der Waals surface area (Å²) in [6, 6.07) is 0. The van der Waals surface area contributed by atoms with Gasteiger partial charge < -0.3 is 14.4 Å². The van der Waals surface area contributed by atoms with E-state index >= 15 is 0 Å². The molecule has 1 heterocycles. The number of rotatable bonds is 4. The van der Waals surface area contributed by atoms with Crippen molar-refractivity contribution < 1.29 is 28.7 Å². The lowest BCUT2D eigenvalue weighted by Crippen LogP contribution is -2.53. The summed E-state index contributed by atoms with van der Waals surface area (Å²) in [5.74, 6) is -3.92. The van der Waals surface area contributed by atoms with Crippen LogP contribution in [0.5, 0.6) is 0 Å². The van der Waals surface area contributed by atoms with Crippen LogP contribution >= 0.6 is 0 Å². The highest BCUT2D eigenvalue weighted by Crippen LogP contribution is 2.24. The molecule has 0 aliphatic carbocycles. The van der Waals surface area contributed by atoms with Crippen LogP contribution in [0.2, 0.25) is 0 Å². The molecule has 2 atom stereocenters. The molecule has 23 heavy (non-hydrogen) atoms. The van der Waals surface area contributed by atoms with Crippen LogP contribution in [-0.4, -0.2) is 53.8 Å². The number of ketones is 2. The molecular formula is C16H25NO6. The first-order valence-electron chi connectivity index (χ1n) is 7.83. The van der Waals surface area contributed by atoms with Gasteiger partial charge in [-0.3, -0.25) is 9.59 Å². The predicted octanol–water partition coefficient (Wildman–Crippen LogP) is 1.58. The second-order valence-corrected chi connectivity index (χ2v) is 6.53. The largest absolute Gasteiger partial charge is 0.460 e. The molecule has 1 aliphatic rings. The number of Topliss-reactive ketones (excluding diaryl/α,β-unsaturated/α-hetero) is 2. The second kappa shape index (κ2) is 7.57. The normalized spacial score (nSPS) is 21.8. The quantitative estimate of drug-likeness (QED) is 0.442. The predicted molar refractivity (Wildman–Crippen MR) is 81.7 cm³/mol. The molecule has 0 aromatic rings. The fourth-order valence-corrected chi connectivity index (χ4v) is 2.39. The standard InChI is InChI=1S/C16H25NO6/c1-6-10-8-17(15(21)23-16(3,4)5)9-11(12(10)18)13(19)14(20)22-7-2/h10-11H,6-9H2,1-5H3/t10-,11-/m1/s1. The van der Waals surface area contributed by atoms with Gasteiger partial charge >= 0.3 is 12.1 Å². The first-order valence-corrected chi connectivity index (χ1v) is 7.83. The first kappa shape index (κ1) is 19.1. The van der Waals surface area contributed by atoms with Crippen molar-refractivity contribution in [3.05, 3.63) is 0 Å². The maximum Gasteiger partial charge on any atom is 0.410 e. The van der Waals surface area contributed by atoms with Crippen LogP contribution in [0, 0.1) is 11.8 Å². The molecule has 0 saturated carbocycles. The third-order valence-electron chi connectivity index (χ3n) is 3.53. The molecule has 0 aromatic heterocycles. The molecular weight excluding hydrogens is 302 g/mol. The molecule has 7 nitrogen and oxygen atoms in total. The van der Waals surface area contributed by atoms with Gasteiger partial charge in [-0.25, -0.2) is 9.59 Å². The van der Waals surface area contributed by atoms with Gasteiger partial charge in [0.25, 0.3) is 5.78 Å². The minimum Gasteiger partial charge on any atom is -0.460 e. The number of piperidine rings is 1. The maximum absolute atomic E-state index is 12.4. The zero-order valence-corrected chi connectivity index (χ0v) is 14.4. The van der Waals surface area contributed by atoms with Gasteiger partial charge in [-0.05, 0) is 34.1 Å². The summed E-state index contributed by atoms with van der Waals surface area (Å²) in [4.78, 5) is 49.7. The molecule has 1 rings (SSSR count). The number of ether oxygens (including phenoxy) is 2. The highest BCUT2D eigenvalue weighted by molar-refractivity contribution is 6.38. The highest BCUT2D eigenvalue weighted by Gasteiger charge is 2.43. The zero-order valence-electron chi connectivity index (χ0n) is 14.4. The van der Waals surface area contributed by atoms with E-state index in [0.717, 1.165) is 0 Å². The third-order valence-corrected chi connectivity index (χ3v) is 3.53. The van der Waals surface area contributed by atoms with Crippen molar-refractivity contribution in [3.8, 4) is 0 Å². The molecule has 1 fully saturated rings. The molecule has 0 bridgehead atoms. The van der Waals surface area contributed by atoms with E-state index in [1.165, 1.54) is 4.90 Å². The van der Waals surface area contributed by atoms with E-state index in [1.807, 2.05) is 0 Å². The first-order chi connectivity index (χ1) is 10.6. The van der Waals surface area contributed by atoms with Crippen molar-refractivity contribution in [2.24, 2.45) is 11.8 Å². The Kier molecular flexibility index (Phi) is 6.29. The van der Waals surface area contributed by atoms with Crippen LogP contribution < -0.4 is 0 Å². The number of esters is 1. The molecule has 0 unspecified atom stereocenters. The SMILES string of the molecule is CCOC(=O)C(=O)[C@@H]1CN(C(=O)OC(C)(C)C)C[C@@H](CC)C1=O. The van der Waals surface area contributed by atoms with Gasteiger partial charge in [0, 0.05) is 19.0 Å². The lowest BCUT2D eigenvalue weighted by molar-refractivity contribution is -0.158. The van der Waals surface area contributed by atoms with Gasteiger partial charge in [-0.2, -0.15) is 0 Å². The van der Waals surface area contributed by atoms with Gasteiger partial charge in [-0.15, -0.1) is 0 Å². The van der Waals surface area contributed by atoms with Crippen molar-refractivity contribution in [2.75, 3.05) is 19.7 Å². The van der Waals surface area contributed by atoms with Gasteiger partial charge in [0.15, 0.2) is 5.78 Å². The molecule has 0 radical (unpaired) electrons. The zero-order chi connectivity index (χ0) is 17.8. The van der Waals surface area contributed by atoms with Crippen molar-refractivity contribution >= 4 is 23.6 Å². The van der Waals surface area contributed by atoms with E-state index in [0.29, 0.717) is 6.42 Å². The Labute approximate surface area is 136 Å². The molecule has 1 saturated heterocycles. The number of carbonyl (C=O) groups excluding carboxylic acids is 4. The topological polar surface area (TPSA) is 90.0 Å². The van der Waals surface area contributed by atoms with Gasteiger partial charge in [-0.1, -0.05) is 6.92 Å². The highest BCUT2D eigenvalue weighted by atomic mass is 16.6. The van der Waals surface area contributed by atoms with Crippen molar-refractivity contribution in [1.82, 2.24) is 4.90 Å². The van der Waals surface area contributed by atoms with E-state index in [-0.39, 0.29) is 25.5 Å². The van der Waals surface area contributed by atoms with Crippen LogP contribution in [-0.2, 0) is 23.9 Å². The van der Waals surface area contributed by atoms with E-state index in [1.54, 1.807) is 34.6 Å². The Bertz CT molecular complexity index is 493. The van der Waals surface area contributed by atoms with E-state index in [9.17, 15) is 19.2 Å². The molecule has 0 aromatic carbocycles. The Balaban J connectivity index is 2.93. The average molecular weight is 327 g/mol. The second-order valence-electron chi connectivity index (χ2n) is 6.53. The lowest BCUT2D eigenvalue weighted by Gasteiger charge is -2.36. The van der Waals surface area contributed by atoms with E-state index in [4.69, 9.17) is 4.74 Å². The summed E-state index contributed by atoms with van der Waals surface area (Å²) < 4.78 is 9.96. The summed E-state index contributed by atoms with van der Waals surface area (Å²) in [5.41, 5.74) is -0.680. The number of hydrogen-bond acceptors (Lipinski definition) is 6. The number of hydrogen-bond donors (Lipinski definition) is 0. The van der Waals surface area contributed by atoms with Crippen LogP contribution in [0.3, 0.4) is 0 Å². The summed E-state index contributed by atoms with van der Waals surface area (Å²) in [6.07, 6.45) is -0.116. The smallest absolute Gasteiger partial charge is 0.410 e. The molecule has 1 amide bonds. The Hall–Kier alpha value is -1.92. The number of likely N-dealkylation sites (tertiary alicyclic amines) is 1. The molecule has 0 N–H and O–H groups in total. The fourth-order valence-electron chi connectivity index (χ4n) is 2.39.